The Labute approximate surface area is 97.0 Å². The zero-order valence-corrected chi connectivity index (χ0v) is 11.2. The average Bonchev–Trinajstić information content (AvgIpc) is 2.50. The van der Waals surface area contributed by atoms with E-state index in [1.54, 1.807) is 20.9 Å². The van der Waals surface area contributed by atoms with Crippen molar-refractivity contribution in [3.8, 4) is 0 Å². The van der Waals surface area contributed by atoms with Crippen LogP contribution in [0.2, 0.25) is 0 Å². The van der Waals surface area contributed by atoms with Crippen molar-refractivity contribution in [3.05, 3.63) is 23.7 Å². The van der Waals surface area contributed by atoms with Crippen LogP contribution in [0.5, 0.6) is 0 Å². The van der Waals surface area contributed by atoms with E-state index < -0.39 is 14.6 Å². The molecule has 0 radical (unpaired) electrons. The monoisotopic (exact) mass is 245 g/mol. The Morgan fingerprint density at radius 1 is 1.38 bits per heavy atom. The lowest BCUT2D eigenvalue weighted by atomic mass is 10.0. The van der Waals surface area contributed by atoms with Gasteiger partial charge in [0.05, 0.1) is 10.8 Å². The summed E-state index contributed by atoms with van der Waals surface area (Å²) >= 11 is 0. The van der Waals surface area contributed by atoms with Crippen molar-refractivity contribution in [2.24, 2.45) is 0 Å². The van der Waals surface area contributed by atoms with Crippen LogP contribution < -0.4 is 5.32 Å². The molecule has 0 bridgehead atoms. The molecule has 1 unspecified atom stereocenters. The van der Waals surface area contributed by atoms with Crippen LogP contribution in [0.3, 0.4) is 0 Å². The Morgan fingerprint density at radius 3 is 2.25 bits per heavy atom. The second-order valence-electron chi connectivity index (χ2n) is 4.55. The second kappa shape index (κ2) is 4.22. The lowest BCUT2D eigenvalue weighted by molar-refractivity contribution is 0.361. The zero-order chi connectivity index (χ0) is 12.6. The van der Waals surface area contributed by atoms with Gasteiger partial charge in [0, 0.05) is 6.26 Å². The van der Waals surface area contributed by atoms with Crippen molar-refractivity contribution in [1.29, 1.82) is 0 Å². The van der Waals surface area contributed by atoms with Crippen molar-refractivity contribution < 1.29 is 12.8 Å². The lowest BCUT2D eigenvalue weighted by Crippen LogP contribution is -2.43. The predicted molar refractivity (Wildman–Crippen MR) is 64.2 cm³/mol. The minimum atomic E-state index is -3.18. The molecule has 0 aliphatic carbocycles. The van der Waals surface area contributed by atoms with E-state index in [9.17, 15) is 8.42 Å². The molecule has 1 N–H and O–H groups in total. The molecule has 0 aromatic carbocycles. The quantitative estimate of drug-likeness (QED) is 0.876. The molecule has 0 aliphatic heterocycles. The molecule has 5 heteroatoms. The van der Waals surface area contributed by atoms with Gasteiger partial charge in [-0.1, -0.05) is 0 Å². The van der Waals surface area contributed by atoms with Gasteiger partial charge in [-0.15, -0.1) is 0 Å². The van der Waals surface area contributed by atoms with Gasteiger partial charge in [-0.05, 0) is 40.0 Å². The Balaban J connectivity index is 3.18. The lowest BCUT2D eigenvalue weighted by Gasteiger charge is -2.30. The van der Waals surface area contributed by atoms with Gasteiger partial charge in [-0.3, -0.25) is 0 Å². The SMILES string of the molecule is CNC(c1ccc(C)o1)C(C)(C)S(C)(=O)=O. The fraction of sp³-hybridized carbons (Fsp3) is 0.636. The van der Waals surface area contributed by atoms with Gasteiger partial charge in [0.15, 0.2) is 9.84 Å². The Hall–Kier alpha value is -0.810. The highest BCUT2D eigenvalue weighted by Gasteiger charge is 2.40. The van der Waals surface area contributed by atoms with Crippen molar-refractivity contribution >= 4 is 9.84 Å². The maximum Gasteiger partial charge on any atom is 0.154 e. The summed E-state index contributed by atoms with van der Waals surface area (Å²) in [6.45, 7) is 5.23. The third-order valence-corrected chi connectivity index (χ3v) is 5.13. The van der Waals surface area contributed by atoms with Gasteiger partial charge in [-0.2, -0.15) is 0 Å². The predicted octanol–water partition coefficient (Wildman–Crippen LogP) is 1.67. The maximum atomic E-state index is 11.8. The van der Waals surface area contributed by atoms with E-state index in [1.165, 1.54) is 6.26 Å². The molecular formula is C11H19NO3S. The number of furan rings is 1. The van der Waals surface area contributed by atoms with Crippen molar-refractivity contribution in [2.75, 3.05) is 13.3 Å². The van der Waals surface area contributed by atoms with Crippen LogP contribution in [0.15, 0.2) is 16.5 Å². The first kappa shape index (κ1) is 13.3. The highest BCUT2D eigenvalue weighted by Crippen LogP contribution is 2.32. The highest BCUT2D eigenvalue weighted by molar-refractivity contribution is 7.92. The molecule has 1 heterocycles. The number of hydrogen-bond acceptors (Lipinski definition) is 4. The maximum absolute atomic E-state index is 11.8. The molecule has 1 aromatic heterocycles. The molecule has 0 fully saturated rings. The zero-order valence-electron chi connectivity index (χ0n) is 10.4. The number of rotatable bonds is 4. The van der Waals surface area contributed by atoms with Crippen molar-refractivity contribution in [1.82, 2.24) is 5.32 Å². The van der Waals surface area contributed by atoms with Crippen LogP contribution in [-0.2, 0) is 9.84 Å². The molecule has 16 heavy (non-hydrogen) atoms. The van der Waals surface area contributed by atoms with Gasteiger partial charge in [0.2, 0.25) is 0 Å². The van der Waals surface area contributed by atoms with E-state index in [4.69, 9.17) is 4.42 Å². The molecule has 0 spiro atoms. The molecule has 1 aromatic rings. The van der Waals surface area contributed by atoms with Crippen LogP contribution in [0, 0.1) is 6.92 Å². The summed E-state index contributed by atoms with van der Waals surface area (Å²) in [6, 6.07) is 3.29. The molecule has 1 atom stereocenters. The summed E-state index contributed by atoms with van der Waals surface area (Å²) in [5.41, 5.74) is 0. The van der Waals surface area contributed by atoms with Crippen LogP contribution in [0.4, 0.5) is 0 Å². The average molecular weight is 245 g/mol. The van der Waals surface area contributed by atoms with E-state index in [0.717, 1.165) is 5.76 Å². The molecule has 92 valence electrons. The van der Waals surface area contributed by atoms with Crippen LogP contribution in [0.1, 0.15) is 31.4 Å². The molecular weight excluding hydrogens is 226 g/mol. The fourth-order valence-corrected chi connectivity index (χ4v) is 2.32. The summed E-state index contributed by atoms with van der Waals surface area (Å²) in [5.74, 6) is 1.43. The fourth-order valence-electron chi connectivity index (χ4n) is 1.66. The van der Waals surface area contributed by atoms with Gasteiger partial charge in [-0.25, -0.2) is 8.42 Å². The standard InChI is InChI=1S/C11H19NO3S/c1-8-6-7-9(15-8)10(12-4)11(2,3)16(5,13)14/h6-7,10,12H,1-5H3. The minimum Gasteiger partial charge on any atom is -0.465 e. The smallest absolute Gasteiger partial charge is 0.154 e. The minimum absolute atomic E-state index is 0.351. The van der Waals surface area contributed by atoms with E-state index >= 15 is 0 Å². The van der Waals surface area contributed by atoms with E-state index in [-0.39, 0.29) is 6.04 Å². The first-order chi connectivity index (χ1) is 7.20. The molecule has 0 saturated heterocycles. The van der Waals surface area contributed by atoms with Gasteiger partial charge in [0.25, 0.3) is 0 Å². The first-order valence-corrected chi connectivity index (χ1v) is 7.02. The Morgan fingerprint density at radius 2 is 1.94 bits per heavy atom. The Bertz CT molecular complexity index is 459. The topological polar surface area (TPSA) is 59.3 Å². The summed E-state index contributed by atoms with van der Waals surface area (Å²) in [7, 11) is -1.44. The second-order valence-corrected chi connectivity index (χ2v) is 7.14. The summed E-state index contributed by atoms with van der Waals surface area (Å²) in [6.07, 6.45) is 1.24. The van der Waals surface area contributed by atoms with Crippen molar-refractivity contribution in [3.63, 3.8) is 0 Å². The van der Waals surface area contributed by atoms with E-state index in [1.807, 2.05) is 19.1 Å². The first-order valence-electron chi connectivity index (χ1n) is 5.13. The molecule has 1 rings (SSSR count). The third-order valence-electron chi connectivity index (χ3n) is 2.99. The summed E-state index contributed by atoms with van der Waals surface area (Å²) in [4.78, 5) is 0. The van der Waals surface area contributed by atoms with Gasteiger partial charge >= 0.3 is 0 Å². The summed E-state index contributed by atoms with van der Waals surface area (Å²) in [5, 5.41) is 3.01. The molecule has 4 nitrogen and oxygen atoms in total. The highest BCUT2D eigenvalue weighted by atomic mass is 32.2. The molecule has 0 amide bonds. The summed E-state index contributed by atoms with van der Waals surface area (Å²) < 4.78 is 28.1. The van der Waals surface area contributed by atoms with E-state index in [0.29, 0.717) is 5.76 Å². The van der Waals surface area contributed by atoms with Crippen LogP contribution in [-0.4, -0.2) is 26.5 Å². The number of sulfone groups is 1. The normalized spacial score (nSPS) is 15.1. The molecule has 0 saturated carbocycles. The number of aryl methyl sites for hydroxylation is 1. The van der Waals surface area contributed by atoms with E-state index in [2.05, 4.69) is 5.32 Å². The van der Waals surface area contributed by atoms with Gasteiger partial charge < -0.3 is 9.73 Å². The largest absolute Gasteiger partial charge is 0.465 e. The molecule has 0 aliphatic rings. The van der Waals surface area contributed by atoms with Gasteiger partial charge in [0.1, 0.15) is 11.5 Å². The number of hydrogen-bond donors (Lipinski definition) is 1. The third kappa shape index (κ3) is 2.30. The Kier molecular flexibility index (Phi) is 3.50. The number of nitrogens with one attached hydrogen (secondary N) is 1. The van der Waals surface area contributed by atoms with Crippen LogP contribution >= 0.6 is 0 Å². The van der Waals surface area contributed by atoms with Crippen LogP contribution in [0.25, 0.3) is 0 Å². The van der Waals surface area contributed by atoms with Crippen molar-refractivity contribution in [2.45, 2.75) is 31.6 Å².